The molecule has 0 saturated heterocycles. The van der Waals surface area contributed by atoms with Crippen molar-refractivity contribution in [2.24, 2.45) is 0 Å². The van der Waals surface area contributed by atoms with Crippen molar-refractivity contribution in [3.63, 3.8) is 0 Å². The fourth-order valence-electron chi connectivity index (χ4n) is 2.46. The molecular weight excluding hydrogens is 392 g/mol. The van der Waals surface area contributed by atoms with Crippen molar-refractivity contribution in [3.05, 3.63) is 63.9 Å². The summed E-state index contributed by atoms with van der Waals surface area (Å²) in [6.07, 6.45) is 2.88. The number of carbonyl (C=O) groups excluding carboxylic acids is 1. The highest BCUT2D eigenvalue weighted by atomic mass is 35.5. The molecule has 9 nitrogen and oxygen atoms in total. The second-order valence-electron chi connectivity index (χ2n) is 5.39. The summed E-state index contributed by atoms with van der Waals surface area (Å²) in [5.41, 5.74) is 1.02. The van der Waals surface area contributed by atoms with Gasteiger partial charge in [-0.2, -0.15) is 5.10 Å². The SMILES string of the molecule is O=C(Cn1c(-c2cccs2)noc1=O)Nc1cc(Cl)ccc1-n1cncn1. The molecule has 11 heteroatoms. The summed E-state index contributed by atoms with van der Waals surface area (Å²) in [5.74, 6) is -0.856. The molecule has 136 valence electrons. The Morgan fingerprint density at radius 3 is 2.96 bits per heavy atom. The quantitative estimate of drug-likeness (QED) is 0.549. The second-order valence-corrected chi connectivity index (χ2v) is 6.77. The van der Waals surface area contributed by atoms with E-state index in [1.807, 2.05) is 11.4 Å². The minimum Gasteiger partial charge on any atom is -0.323 e. The fraction of sp³-hybridized carbons (Fsp3) is 0.0625. The highest BCUT2D eigenvalue weighted by Crippen LogP contribution is 2.25. The number of aromatic nitrogens is 5. The molecule has 3 heterocycles. The molecule has 0 fully saturated rings. The first kappa shape index (κ1) is 17.2. The Bertz CT molecular complexity index is 1130. The zero-order valence-electron chi connectivity index (χ0n) is 13.6. The van der Waals surface area contributed by atoms with Gasteiger partial charge in [-0.1, -0.05) is 22.8 Å². The molecule has 0 spiro atoms. The number of anilines is 1. The van der Waals surface area contributed by atoms with E-state index in [0.29, 0.717) is 22.2 Å². The monoisotopic (exact) mass is 402 g/mol. The maximum atomic E-state index is 12.6. The maximum absolute atomic E-state index is 12.6. The summed E-state index contributed by atoms with van der Waals surface area (Å²) >= 11 is 7.43. The first-order valence-corrected chi connectivity index (χ1v) is 8.92. The maximum Gasteiger partial charge on any atom is 0.442 e. The molecule has 3 aromatic heterocycles. The topological polar surface area (TPSA) is 108 Å². The Hall–Kier alpha value is -3.24. The van der Waals surface area contributed by atoms with Crippen molar-refractivity contribution < 1.29 is 9.32 Å². The largest absolute Gasteiger partial charge is 0.442 e. The lowest BCUT2D eigenvalue weighted by molar-refractivity contribution is -0.116. The van der Waals surface area contributed by atoms with Crippen molar-refractivity contribution in [3.8, 4) is 16.4 Å². The number of amides is 1. The van der Waals surface area contributed by atoms with Crippen LogP contribution in [0.1, 0.15) is 0 Å². The molecule has 0 aliphatic heterocycles. The molecule has 4 aromatic rings. The van der Waals surface area contributed by atoms with E-state index < -0.39 is 11.7 Å². The Labute approximate surface area is 160 Å². The minimum atomic E-state index is -0.712. The van der Waals surface area contributed by atoms with Gasteiger partial charge in [-0.3, -0.25) is 9.32 Å². The third-order valence-corrected chi connectivity index (χ3v) is 4.73. The van der Waals surface area contributed by atoms with Gasteiger partial charge in [0, 0.05) is 5.02 Å². The van der Waals surface area contributed by atoms with Crippen molar-refractivity contribution in [2.45, 2.75) is 6.54 Å². The molecule has 4 rings (SSSR count). The number of rotatable bonds is 5. The van der Waals surface area contributed by atoms with E-state index >= 15 is 0 Å². The van der Waals surface area contributed by atoms with Crippen molar-refractivity contribution in [1.29, 1.82) is 0 Å². The first-order chi connectivity index (χ1) is 13.1. The number of nitrogens with one attached hydrogen (secondary N) is 1. The standard InChI is InChI=1S/C16H11ClN6O3S/c17-10-3-4-12(23-9-18-8-19-23)11(6-10)20-14(24)7-22-15(21-26-16(22)25)13-2-1-5-27-13/h1-6,8-9H,7H2,(H,20,24). The molecule has 1 amide bonds. The normalized spacial score (nSPS) is 10.9. The van der Waals surface area contributed by atoms with Gasteiger partial charge in [0.05, 0.1) is 16.3 Å². The van der Waals surface area contributed by atoms with E-state index in [-0.39, 0.29) is 6.54 Å². The molecule has 0 aliphatic carbocycles. The summed E-state index contributed by atoms with van der Waals surface area (Å²) in [7, 11) is 0. The van der Waals surface area contributed by atoms with E-state index in [1.54, 1.807) is 24.3 Å². The summed E-state index contributed by atoms with van der Waals surface area (Å²) in [6.45, 7) is -0.265. The van der Waals surface area contributed by atoms with Crippen molar-refractivity contribution >= 4 is 34.5 Å². The Kier molecular flexibility index (Phi) is 4.57. The molecular formula is C16H11ClN6O3S. The lowest BCUT2D eigenvalue weighted by Gasteiger charge is -2.11. The highest BCUT2D eigenvalue weighted by molar-refractivity contribution is 7.13. The first-order valence-electron chi connectivity index (χ1n) is 7.66. The number of thiophene rings is 1. The summed E-state index contributed by atoms with van der Waals surface area (Å²) in [4.78, 5) is 29.1. The molecule has 0 aliphatic rings. The number of halogens is 1. The van der Waals surface area contributed by atoms with Crippen molar-refractivity contribution in [2.75, 3.05) is 5.32 Å². The summed E-state index contributed by atoms with van der Waals surface area (Å²) < 4.78 is 7.38. The predicted octanol–water partition coefficient (Wildman–Crippen LogP) is 2.44. The average Bonchev–Trinajstić information content (AvgIpc) is 3.38. The van der Waals surface area contributed by atoms with Gasteiger partial charge < -0.3 is 5.32 Å². The van der Waals surface area contributed by atoms with Crippen LogP contribution in [0.25, 0.3) is 16.4 Å². The highest BCUT2D eigenvalue weighted by Gasteiger charge is 2.18. The van der Waals surface area contributed by atoms with Crippen LogP contribution >= 0.6 is 22.9 Å². The van der Waals surface area contributed by atoms with E-state index in [2.05, 4.69) is 20.6 Å². The number of nitrogens with zero attached hydrogens (tertiary/aromatic N) is 5. The number of hydrogen-bond donors (Lipinski definition) is 1. The van der Waals surface area contributed by atoms with Gasteiger partial charge in [0.15, 0.2) is 5.82 Å². The van der Waals surface area contributed by atoms with E-state index in [9.17, 15) is 9.59 Å². The van der Waals surface area contributed by atoms with E-state index in [1.165, 1.54) is 33.2 Å². The summed E-state index contributed by atoms with van der Waals surface area (Å²) in [6, 6.07) is 8.58. The van der Waals surface area contributed by atoms with Gasteiger partial charge in [0.25, 0.3) is 0 Å². The van der Waals surface area contributed by atoms with E-state index in [4.69, 9.17) is 16.1 Å². The van der Waals surface area contributed by atoms with Crippen LogP contribution in [0, 0.1) is 0 Å². The van der Waals surface area contributed by atoms with Crippen LogP contribution < -0.4 is 11.1 Å². The van der Waals surface area contributed by atoms with Gasteiger partial charge in [-0.05, 0) is 29.6 Å². The number of hydrogen-bond acceptors (Lipinski definition) is 7. The van der Waals surface area contributed by atoms with E-state index in [0.717, 1.165) is 4.88 Å². The Morgan fingerprint density at radius 2 is 2.22 bits per heavy atom. The zero-order valence-corrected chi connectivity index (χ0v) is 15.1. The lowest BCUT2D eigenvalue weighted by Crippen LogP contribution is -2.26. The van der Waals surface area contributed by atoms with Crippen LogP contribution in [0.5, 0.6) is 0 Å². The van der Waals surface area contributed by atoms with Crippen molar-refractivity contribution in [1.82, 2.24) is 24.5 Å². The lowest BCUT2D eigenvalue weighted by atomic mass is 10.2. The third kappa shape index (κ3) is 3.52. The predicted molar refractivity (Wildman–Crippen MR) is 99.1 cm³/mol. The molecule has 0 radical (unpaired) electrons. The fourth-order valence-corrected chi connectivity index (χ4v) is 3.35. The van der Waals surface area contributed by atoms with Gasteiger partial charge in [-0.25, -0.2) is 19.0 Å². The summed E-state index contributed by atoms with van der Waals surface area (Å²) in [5, 5.41) is 12.8. The Morgan fingerprint density at radius 1 is 1.33 bits per heavy atom. The molecule has 1 aromatic carbocycles. The van der Waals surface area contributed by atoms with Crippen LogP contribution in [0.2, 0.25) is 5.02 Å². The number of benzene rings is 1. The average molecular weight is 403 g/mol. The van der Waals surface area contributed by atoms with Crippen LogP contribution in [0.4, 0.5) is 5.69 Å². The third-order valence-electron chi connectivity index (χ3n) is 3.63. The van der Waals surface area contributed by atoms with Crippen LogP contribution in [0.3, 0.4) is 0 Å². The second kappa shape index (κ2) is 7.17. The molecule has 0 bridgehead atoms. The molecule has 0 atom stereocenters. The Balaban J connectivity index is 1.61. The molecule has 27 heavy (non-hydrogen) atoms. The minimum absolute atomic E-state index is 0.265. The zero-order chi connectivity index (χ0) is 18.8. The molecule has 0 saturated carbocycles. The van der Waals surface area contributed by atoms with Gasteiger partial charge >= 0.3 is 5.76 Å². The molecule has 1 N–H and O–H groups in total. The smallest absolute Gasteiger partial charge is 0.323 e. The van der Waals surface area contributed by atoms with Gasteiger partial charge in [0.2, 0.25) is 5.91 Å². The number of carbonyl (C=O) groups is 1. The van der Waals surface area contributed by atoms with Gasteiger partial charge in [0.1, 0.15) is 19.2 Å². The van der Waals surface area contributed by atoms with Crippen LogP contribution in [0.15, 0.2) is 57.7 Å². The van der Waals surface area contributed by atoms with Gasteiger partial charge in [-0.15, -0.1) is 11.3 Å². The molecule has 0 unspecified atom stereocenters. The van der Waals surface area contributed by atoms with Crippen LogP contribution in [-0.2, 0) is 11.3 Å². The van der Waals surface area contributed by atoms with Crippen LogP contribution in [-0.4, -0.2) is 30.4 Å².